The van der Waals surface area contributed by atoms with Crippen molar-refractivity contribution in [2.45, 2.75) is 33.4 Å². The van der Waals surface area contributed by atoms with Gasteiger partial charge in [-0.25, -0.2) is 14.8 Å². The number of imidazole rings is 1. The molecule has 0 radical (unpaired) electrons. The Bertz CT molecular complexity index is 1190. The van der Waals surface area contributed by atoms with E-state index in [2.05, 4.69) is 20.4 Å². The molecule has 0 aliphatic carbocycles. The molecular formula is C20H23N7O4. The number of nitrogens with zero attached hydrogens (tertiary/aromatic N) is 5. The van der Waals surface area contributed by atoms with E-state index >= 15 is 0 Å². The van der Waals surface area contributed by atoms with Crippen molar-refractivity contribution in [3.8, 4) is 5.75 Å². The van der Waals surface area contributed by atoms with Crippen LogP contribution in [0.15, 0.2) is 23.2 Å². The third-order valence-electron chi connectivity index (χ3n) is 4.69. The first kappa shape index (κ1) is 21.7. The van der Waals surface area contributed by atoms with Gasteiger partial charge in [-0.1, -0.05) is 0 Å². The Balaban J connectivity index is 2.08. The SMILES string of the molecule is CCn1nc(C)cc1C(=O)Nc1nc2cc(C(N)=O)cc(OC)c2n1CCCN=C=O. The fourth-order valence-electron chi connectivity index (χ4n) is 3.33. The van der Waals surface area contributed by atoms with Crippen molar-refractivity contribution in [3.05, 3.63) is 35.2 Å². The molecule has 0 spiro atoms. The molecule has 2 heterocycles. The van der Waals surface area contributed by atoms with Gasteiger partial charge in [0.25, 0.3) is 5.91 Å². The number of ether oxygens (including phenoxy) is 1. The van der Waals surface area contributed by atoms with E-state index in [4.69, 9.17) is 10.5 Å². The van der Waals surface area contributed by atoms with Gasteiger partial charge in [-0.3, -0.25) is 19.6 Å². The number of benzene rings is 1. The predicted molar refractivity (Wildman–Crippen MR) is 113 cm³/mol. The lowest BCUT2D eigenvalue weighted by molar-refractivity contribution is 0.0995. The molecule has 3 aromatic rings. The lowest BCUT2D eigenvalue weighted by Gasteiger charge is -2.12. The molecule has 2 amide bonds. The molecule has 3 N–H and O–H groups in total. The number of rotatable bonds is 9. The first-order chi connectivity index (χ1) is 14.9. The van der Waals surface area contributed by atoms with E-state index in [1.165, 1.54) is 25.3 Å². The van der Waals surface area contributed by atoms with E-state index in [0.29, 0.717) is 42.0 Å². The van der Waals surface area contributed by atoms with E-state index in [1.807, 2.05) is 13.8 Å². The lowest BCUT2D eigenvalue weighted by Crippen LogP contribution is -2.20. The third-order valence-corrected chi connectivity index (χ3v) is 4.69. The predicted octanol–water partition coefficient (Wildman–Crippen LogP) is 1.65. The van der Waals surface area contributed by atoms with Crippen LogP contribution in [-0.2, 0) is 17.9 Å². The number of anilines is 1. The molecule has 162 valence electrons. The molecule has 11 nitrogen and oxygen atoms in total. The Morgan fingerprint density at radius 1 is 1.32 bits per heavy atom. The Labute approximate surface area is 177 Å². The largest absolute Gasteiger partial charge is 0.494 e. The number of aliphatic imine (C=N–C) groups is 1. The quantitative estimate of drug-likeness (QED) is 0.303. The van der Waals surface area contributed by atoms with Crippen LogP contribution in [0, 0.1) is 6.92 Å². The number of hydrogen-bond donors (Lipinski definition) is 2. The Morgan fingerprint density at radius 2 is 2.10 bits per heavy atom. The molecular weight excluding hydrogens is 402 g/mol. The summed E-state index contributed by atoms with van der Waals surface area (Å²) < 4.78 is 8.79. The van der Waals surface area contributed by atoms with Crippen LogP contribution in [0.4, 0.5) is 5.95 Å². The molecule has 11 heteroatoms. The zero-order valence-corrected chi connectivity index (χ0v) is 17.5. The maximum atomic E-state index is 12.9. The van der Waals surface area contributed by atoms with Gasteiger partial charge in [0, 0.05) is 18.7 Å². The number of aromatic nitrogens is 4. The van der Waals surface area contributed by atoms with Crippen molar-refractivity contribution in [2.24, 2.45) is 10.7 Å². The minimum atomic E-state index is -0.622. The van der Waals surface area contributed by atoms with Crippen LogP contribution in [0.5, 0.6) is 5.75 Å². The molecule has 0 unspecified atom stereocenters. The summed E-state index contributed by atoms with van der Waals surface area (Å²) in [5.41, 5.74) is 7.79. The highest BCUT2D eigenvalue weighted by molar-refractivity contribution is 6.04. The maximum absolute atomic E-state index is 12.9. The zero-order chi connectivity index (χ0) is 22.5. The summed E-state index contributed by atoms with van der Waals surface area (Å²) in [4.78, 5) is 43.1. The summed E-state index contributed by atoms with van der Waals surface area (Å²) in [6.07, 6.45) is 2.00. The number of hydrogen-bond acceptors (Lipinski definition) is 7. The average Bonchev–Trinajstić information content (AvgIpc) is 3.30. The molecule has 1 aromatic carbocycles. The van der Waals surface area contributed by atoms with Gasteiger partial charge in [-0.2, -0.15) is 5.10 Å². The van der Waals surface area contributed by atoms with Crippen LogP contribution in [-0.4, -0.2) is 50.9 Å². The van der Waals surface area contributed by atoms with E-state index in [-0.39, 0.29) is 24.0 Å². The van der Waals surface area contributed by atoms with Crippen LogP contribution in [0.3, 0.4) is 0 Å². The van der Waals surface area contributed by atoms with Gasteiger partial charge < -0.3 is 15.0 Å². The second-order valence-corrected chi connectivity index (χ2v) is 6.76. The summed E-state index contributed by atoms with van der Waals surface area (Å²) in [5.74, 6) is -0.355. The van der Waals surface area contributed by atoms with Crippen LogP contribution in [0.1, 0.15) is 39.9 Å². The van der Waals surface area contributed by atoms with Crippen molar-refractivity contribution in [1.82, 2.24) is 19.3 Å². The molecule has 0 atom stereocenters. The number of carbonyl (C=O) groups excluding carboxylic acids is 3. The van der Waals surface area contributed by atoms with Crippen molar-refractivity contribution < 1.29 is 19.1 Å². The number of nitrogens with two attached hydrogens (primary N) is 1. The Morgan fingerprint density at radius 3 is 2.74 bits per heavy atom. The molecule has 0 saturated carbocycles. The second kappa shape index (κ2) is 9.23. The molecule has 3 rings (SSSR count). The van der Waals surface area contributed by atoms with Crippen molar-refractivity contribution in [1.29, 1.82) is 0 Å². The maximum Gasteiger partial charge on any atom is 0.276 e. The molecule has 0 aliphatic rings. The zero-order valence-electron chi connectivity index (χ0n) is 17.5. The second-order valence-electron chi connectivity index (χ2n) is 6.76. The topological polar surface area (TPSA) is 146 Å². The monoisotopic (exact) mass is 425 g/mol. The van der Waals surface area contributed by atoms with Crippen molar-refractivity contribution >= 4 is 34.9 Å². The minimum absolute atomic E-state index is 0.233. The Hall–Kier alpha value is -3.98. The molecule has 0 fully saturated rings. The van der Waals surface area contributed by atoms with Crippen molar-refractivity contribution in [2.75, 3.05) is 19.0 Å². The van der Waals surface area contributed by atoms with Gasteiger partial charge in [-0.05, 0) is 38.5 Å². The molecule has 0 bridgehead atoms. The van der Waals surface area contributed by atoms with Gasteiger partial charge in [-0.15, -0.1) is 0 Å². The summed E-state index contributed by atoms with van der Waals surface area (Å²) in [7, 11) is 1.47. The smallest absolute Gasteiger partial charge is 0.276 e. The molecule has 2 aromatic heterocycles. The standard InChI is InChI=1S/C20H23N7O4/c1-4-27-15(8-12(2)25-27)19(30)24-20-23-14-9-13(18(21)29)10-16(31-3)17(14)26(20)7-5-6-22-11-28/h8-10H,4-7H2,1-3H3,(H2,21,29)(H,23,24,30). The number of fused-ring (bicyclic) bond motifs is 1. The van der Waals surface area contributed by atoms with Crippen LogP contribution in [0.2, 0.25) is 0 Å². The highest BCUT2D eigenvalue weighted by Crippen LogP contribution is 2.31. The Kier molecular flexibility index (Phi) is 6.46. The molecule has 0 saturated heterocycles. The van der Waals surface area contributed by atoms with Crippen molar-refractivity contribution in [3.63, 3.8) is 0 Å². The highest BCUT2D eigenvalue weighted by atomic mass is 16.5. The van der Waals surface area contributed by atoms with Gasteiger partial charge in [0.05, 0.1) is 24.9 Å². The normalized spacial score (nSPS) is 10.7. The number of primary amides is 1. The lowest BCUT2D eigenvalue weighted by atomic mass is 10.1. The summed E-state index contributed by atoms with van der Waals surface area (Å²) in [6, 6.07) is 4.75. The van der Waals surface area contributed by atoms with Crippen LogP contribution < -0.4 is 15.8 Å². The summed E-state index contributed by atoms with van der Waals surface area (Å²) >= 11 is 0. The number of isocyanates is 1. The number of carbonyl (C=O) groups is 2. The summed E-state index contributed by atoms with van der Waals surface area (Å²) in [6.45, 7) is 4.88. The van der Waals surface area contributed by atoms with Crippen LogP contribution >= 0.6 is 0 Å². The average molecular weight is 425 g/mol. The van der Waals surface area contributed by atoms with E-state index < -0.39 is 5.91 Å². The van der Waals surface area contributed by atoms with E-state index in [0.717, 1.165) is 5.69 Å². The minimum Gasteiger partial charge on any atom is -0.494 e. The number of nitrogens with one attached hydrogen (secondary N) is 1. The van der Waals surface area contributed by atoms with E-state index in [1.54, 1.807) is 15.3 Å². The summed E-state index contributed by atoms with van der Waals surface area (Å²) in [5, 5.41) is 7.11. The van der Waals surface area contributed by atoms with Gasteiger partial charge in [0.2, 0.25) is 17.9 Å². The first-order valence-corrected chi connectivity index (χ1v) is 9.67. The van der Waals surface area contributed by atoms with Crippen LogP contribution in [0.25, 0.3) is 11.0 Å². The highest BCUT2D eigenvalue weighted by Gasteiger charge is 2.21. The first-order valence-electron chi connectivity index (χ1n) is 9.67. The molecule has 31 heavy (non-hydrogen) atoms. The fourth-order valence-corrected chi connectivity index (χ4v) is 3.33. The molecule has 0 aliphatic heterocycles. The third kappa shape index (κ3) is 4.46. The van der Waals surface area contributed by atoms with Gasteiger partial charge in [0.1, 0.15) is 17.0 Å². The number of amides is 2. The van der Waals surface area contributed by atoms with Gasteiger partial charge >= 0.3 is 0 Å². The van der Waals surface area contributed by atoms with E-state index in [9.17, 15) is 14.4 Å². The number of methoxy groups -OCH3 is 1. The fraction of sp³-hybridized carbons (Fsp3) is 0.350. The van der Waals surface area contributed by atoms with Gasteiger partial charge in [0.15, 0.2) is 0 Å². The number of aryl methyl sites for hydroxylation is 3.